The summed E-state index contributed by atoms with van der Waals surface area (Å²) in [5, 5.41) is 3.06. The largest absolute Gasteiger partial charge is 0.313 e. The van der Waals surface area contributed by atoms with Crippen molar-refractivity contribution in [2.75, 3.05) is 6.54 Å². The highest BCUT2D eigenvalue weighted by Gasteiger charge is 2.05. The van der Waals surface area contributed by atoms with Crippen molar-refractivity contribution >= 4 is 0 Å². The molecule has 0 heterocycles. The van der Waals surface area contributed by atoms with E-state index in [1.807, 2.05) is 0 Å². The number of halogens is 2. The van der Waals surface area contributed by atoms with Crippen LogP contribution >= 0.6 is 0 Å². The lowest BCUT2D eigenvalue weighted by Crippen LogP contribution is -2.15. The summed E-state index contributed by atoms with van der Waals surface area (Å²) in [6.45, 7) is 3.32. The van der Waals surface area contributed by atoms with Crippen LogP contribution in [-0.2, 0) is 6.54 Å². The third-order valence-electron chi connectivity index (χ3n) is 2.05. The second-order valence-corrected chi connectivity index (χ2v) is 3.24. The quantitative estimate of drug-likeness (QED) is 0.719. The summed E-state index contributed by atoms with van der Waals surface area (Å²) in [5.41, 5.74) is 0.390. The highest BCUT2D eigenvalue weighted by Crippen LogP contribution is 2.10. The molecule has 0 radical (unpaired) electrons. The van der Waals surface area contributed by atoms with Gasteiger partial charge in [0.2, 0.25) is 0 Å². The Labute approximate surface area is 83.1 Å². The first-order valence-corrected chi connectivity index (χ1v) is 4.89. The van der Waals surface area contributed by atoms with E-state index in [1.165, 1.54) is 6.07 Å². The number of rotatable bonds is 5. The molecule has 0 saturated carbocycles. The Balaban J connectivity index is 2.46. The summed E-state index contributed by atoms with van der Waals surface area (Å²) in [7, 11) is 0. The molecular weight excluding hydrogens is 184 g/mol. The predicted molar refractivity (Wildman–Crippen MR) is 53.0 cm³/mol. The normalized spacial score (nSPS) is 10.5. The van der Waals surface area contributed by atoms with E-state index in [2.05, 4.69) is 12.2 Å². The Bertz CT molecular complexity index is 287. The lowest BCUT2D eigenvalue weighted by Gasteiger charge is -2.05. The van der Waals surface area contributed by atoms with Crippen LogP contribution in [0.25, 0.3) is 0 Å². The minimum absolute atomic E-state index is 0.390. The fraction of sp³-hybridized carbons (Fsp3) is 0.455. The van der Waals surface area contributed by atoms with Crippen molar-refractivity contribution in [3.05, 3.63) is 35.4 Å². The SMILES string of the molecule is CCCCNCc1cccc(F)c1F. The molecule has 1 aromatic carbocycles. The number of nitrogens with one attached hydrogen (secondary N) is 1. The standard InChI is InChI=1S/C11H15F2N/c1-2-3-7-14-8-9-5-4-6-10(12)11(9)13/h4-6,14H,2-3,7-8H2,1H3. The zero-order valence-corrected chi connectivity index (χ0v) is 8.32. The molecule has 0 aliphatic carbocycles. The molecular formula is C11H15F2N. The first kappa shape index (κ1) is 11.1. The van der Waals surface area contributed by atoms with Gasteiger partial charge in [0.25, 0.3) is 0 Å². The van der Waals surface area contributed by atoms with Gasteiger partial charge in [-0.15, -0.1) is 0 Å². The lowest BCUT2D eigenvalue weighted by atomic mass is 10.2. The Morgan fingerprint density at radius 1 is 1.29 bits per heavy atom. The van der Waals surface area contributed by atoms with Gasteiger partial charge in [0.05, 0.1) is 0 Å². The van der Waals surface area contributed by atoms with E-state index in [-0.39, 0.29) is 0 Å². The van der Waals surface area contributed by atoms with E-state index in [9.17, 15) is 8.78 Å². The van der Waals surface area contributed by atoms with Crippen molar-refractivity contribution < 1.29 is 8.78 Å². The third kappa shape index (κ3) is 3.07. The van der Waals surface area contributed by atoms with E-state index in [1.54, 1.807) is 6.07 Å². The molecule has 1 aromatic rings. The highest BCUT2D eigenvalue weighted by molar-refractivity contribution is 5.18. The molecule has 1 nitrogen and oxygen atoms in total. The molecule has 0 spiro atoms. The molecule has 0 aliphatic rings. The number of unbranched alkanes of at least 4 members (excludes halogenated alkanes) is 1. The molecule has 0 aliphatic heterocycles. The average molecular weight is 199 g/mol. The Morgan fingerprint density at radius 3 is 2.79 bits per heavy atom. The van der Waals surface area contributed by atoms with Gasteiger partial charge in [-0.25, -0.2) is 8.78 Å². The van der Waals surface area contributed by atoms with Crippen LogP contribution in [-0.4, -0.2) is 6.54 Å². The molecule has 0 fully saturated rings. The minimum Gasteiger partial charge on any atom is -0.313 e. The maximum Gasteiger partial charge on any atom is 0.163 e. The average Bonchev–Trinajstić information content (AvgIpc) is 2.19. The van der Waals surface area contributed by atoms with Crippen LogP contribution in [0.3, 0.4) is 0 Å². The molecule has 1 rings (SSSR count). The van der Waals surface area contributed by atoms with Crippen LogP contribution in [0.1, 0.15) is 25.3 Å². The molecule has 0 amide bonds. The molecule has 0 aromatic heterocycles. The van der Waals surface area contributed by atoms with Gasteiger partial charge in [-0.2, -0.15) is 0 Å². The van der Waals surface area contributed by atoms with Gasteiger partial charge in [0, 0.05) is 12.1 Å². The number of hydrogen-bond acceptors (Lipinski definition) is 1. The molecule has 78 valence electrons. The van der Waals surface area contributed by atoms with Gasteiger partial charge in [-0.1, -0.05) is 25.5 Å². The molecule has 0 bridgehead atoms. The van der Waals surface area contributed by atoms with Crippen LogP contribution in [0.4, 0.5) is 8.78 Å². The van der Waals surface area contributed by atoms with Crippen LogP contribution in [0.15, 0.2) is 18.2 Å². The molecule has 0 unspecified atom stereocenters. The minimum atomic E-state index is -0.778. The van der Waals surface area contributed by atoms with Crippen molar-refractivity contribution in [1.29, 1.82) is 0 Å². The van der Waals surface area contributed by atoms with Crippen LogP contribution in [0, 0.1) is 11.6 Å². The molecule has 0 saturated heterocycles. The zero-order valence-electron chi connectivity index (χ0n) is 8.32. The monoisotopic (exact) mass is 199 g/mol. The van der Waals surface area contributed by atoms with Gasteiger partial charge in [-0.3, -0.25) is 0 Å². The van der Waals surface area contributed by atoms with Crippen LogP contribution in [0.5, 0.6) is 0 Å². The van der Waals surface area contributed by atoms with E-state index >= 15 is 0 Å². The maximum absolute atomic E-state index is 13.1. The number of benzene rings is 1. The smallest absolute Gasteiger partial charge is 0.163 e. The summed E-state index contributed by atoms with van der Waals surface area (Å²) in [5.74, 6) is -1.52. The Kier molecular flexibility index (Phi) is 4.53. The topological polar surface area (TPSA) is 12.0 Å². The van der Waals surface area contributed by atoms with E-state index in [0.29, 0.717) is 12.1 Å². The Hall–Kier alpha value is -0.960. The molecule has 14 heavy (non-hydrogen) atoms. The van der Waals surface area contributed by atoms with E-state index in [4.69, 9.17) is 0 Å². The fourth-order valence-corrected chi connectivity index (χ4v) is 1.21. The van der Waals surface area contributed by atoms with Crippen molar-refractivity contribution in [1.82, 2.24) is 5.32 Å². The predicted octanol–water partition coefficient (Wildman–Crippen LogP) is 2.85. The molecule has 1 N–H and O–H groups in total. The Morgan fingerprint density at radius 2 is 2.07 bits per heavy atom. The first-order chi connectivity index (χ1) is 6.75. The zero-order chi connectivity index (χ0) is 10.4. The lowest BCUT2D eigenvalue weighted by molar-refractivity contribution is 0.492. The third-order valence-corrected chi connectivity index (χ3v) is 2.05. The van der Waals surface area contributed by atoms with E-state index in [0.717, 1.165) is 25.5 Å². The van der Waals surface area contributed by atoms with Crippen molar-refractivity contribution in [2.45, 2.75) is 26.3 Å². The summed E-state index contributed by atoms with van der Waals surface area (Å²) >= 11 is 0. The van der Waals surface area contributed by atoms with Crippen molar-refractivity contribution in [3.63, 3.8) is 0 Å². The van der Waals surface area contributed by atoms with Gasteiger partial charge in [0.15, 0.2) is 11.6 Å². The number of hydrogen-bond donors (Lipinski definition) is 1. The fourth-order valence-electron chi connectivity index (χ4n) is 1.21. The van der Waals surface area contributed by atoms with Gasteiger partial charge in [-0.05, 0) is 19.0 Å². The highest BCUT2D eigenvalue weighted by atomic mass is 19.2. The second kappa shape index (κ2) is 5.70. The van der Waals surface area contributed by atoms with E-state index < -0.39 is 11.6 Å². The van der Waals surface area contributed by atoms with Gasteiger partial charge < -0.3 is 5.32 Å². The van der Waals surface area contributed by atoms with Crippen molar-refractivity contribution in [2.24, 2.45) is 0 Å². The summed E-state index contributed by atoms with van der Waals surface area (Å²) in [6, 6.07) is 4.25. The van der Waals surface area contributed by atoms with Gasteiger partial charge >= 0.3 is 0 Å². The van der Waals surface area contributed by atoms with Gasteiger partial charge in [0.1, 0.15) is 0 Å². The van der Waals surface area contributed by atoms with Crippen LogP contribution in [0.2, 0.25) is 0 Å². The van der Waals surface area contributed by atoms with Crippen molar-refractivity contribution in [3.8, 4) is 0 Å². The summed E-state index contributed by atoms with van der Waals surface area (Å²) < 4.78 is 25.8. The molecule has 0 atom stereocenters. The second-order valence-electron chi connectivity index (χ2n) is 3.24. The first-order valence-electron chi connectivity index (χ1n) is 4.89. The summed E-state index contributed by atoms with van der Waals surface area (Å²) in [4.78, 5) is 0. The molecule has 3 heteroatoms. The van der Waals surface area contributed by atoms with Crippen LogP contribution < -0.4 is 5.32 Å². The maximum atomic E-state index is 13.1. The summed E-state index contributed by atoms with van der Waals surface area (Å²) in [6.07, 6.45) is 2.15.